The van der Waals surface area contributed by atoms with E-state index < -0.39 is 0 Å². The topological polar surface area (TPSA) is 102 Å². The number of nitriles is 1. The van der Waals surface area contributed by atoms with Gasteiger partial charge < -0.3 is 30.3 Å². The Kier molecular flexibility index (Phi) is 6.74. The number of aromatic nitrogens is 1. The molecular weight excluding hydrogens is 488 g/mol. The Morgan fingerprint density at radius 3 is 2.67 bits per heavy atom. The maximum Gasteiger partial charge on any atom is 0.234 e. The zero-order valence-electron chi connectivity index (χ0n) is 23.0. The van der Waals surface area contributed by atoms with Crippen molar-refractivity contribution in [2.45, 2.75) is 57.2 Å². The molecule has 2 saturated heterocycles. The van der Waals surface area contributed by atoms with Gasteiger partial charge in [-0.1, -0.05) is 24.3 Å². The van der Waals surface area contributed by atoms with Crippen molar-refractivity contribution in [2.24, 2.45) is 5.73 Å². The Hall–Kier alpha value is -3.54. The summed E-state index contributed by atoms with van der Waals surface area (Å²) >= 11 is 0. The van der Waals surface area contributed by atoms with Crippen LogP contribution in [0.2, 0.25) is 0 Å². The van der Waals surface area contributed by atoms with E-state index in [0.29, 0.717) is 30.6 Å². The fraction of sp³-hybridized carbons (Fsp3) is 0.484. The number of phenolic OH excluding ortho intramolecular Hbond substituents is 1. The molecule has 204 valence electrons. The van der Waals surface area contributed by atoms with E-state index in [1.807, 2.05) is 24.3 Å². The van der Waals surface area contributed by atoms with E-state index in [0.717, 1.165) is 91.7 Å². The zero-order chi connectivity index (χ0) is 27.1. The normalized spacial score (nSPS) is 21.1. The third-order valence-corrected chi connectivity index (χ3v) is 8.90. The van der Waals surface area contributed by atoms with Gasteiger partial charge in [0.05, 0.1) is 0 Å². The number of phenols is 1. The smallest absolute Gasteiger partial charge is 0.234 e. The SMILES string of the molecule is CN1CCC[C@H]1COc1nc(N2CCC(C)(N)CC2)c2c(c1C#N)CN(c1cc(O)cc3ccccc13)CC2. The molecule has 0 unspecified atom stereocenters. The lowest BCUT2D eigenvalue weighted by atomic mass is 9.89. The summed E-state index contributed by atoms with van der Waals surface area (Å²) in [5.74, 6) is 1.62. The Morgan fingerprint density at radius 1 is 1.13 bits per heavy atom. The molecule has 0 saturated carbocycles. The van der Waals surface area contributed by atoms with Crippen LogP contribution in [0, 0.1) is 11.3 Å². The van der Waals surface area contributed by atoms with Gasteiger partial charge in [0.25, 0.3) is 0 Å². The quantitative estimate of drug-likeness (QED) is 0.511. The Labute approximate surface area is 230 Å². The number of nitrogens with two attached hydrogens (primary N) is 1. The number of ether oxygens (including phenoxy) is 1. The average Bonchev–Trinajstić information content (AvgIpc) is 3.35. The number of piperidine rings is 1. The summed E-state index contributed by atoms with van der Waals surface area (Å²) < 4.78 is 6.37. The first kappa shape index (κ1) is 25.7. The highest BCUT2D eigenvalue weighted by molar-refractivity contribution is 5.95. The predicted octanol–water partition coefficient (Wildman–Crippen LogP) is 4.17. The van der Waals surface area contributed by atoms with Crippen LogP contribution in [0.15, 0.2) is 36.4 Å². The Balaban J connectivity index is 1.40. The van der Waals surface area contributed by atoms with Crippen LogP contribution >= 0.6 is 0 Å². The third-order valence-electron chi connectivity index (χ3n) is 8.90. The van der Waals surface area contributed by atoms with Gasteiger partial charge in [-0.25, -0.2) is 0 Å². The van der Waals surface area contributed by atoms with Crippen LogP contribution in [-0.4, -0.2) is 66.4 Å². The fourth-order valence-electron chi connectivity index (χ4n) is 6.41. The molecule has 0 bridgehead atoms. The van der Waals surface area contributed by atoms with Crippen molar-refractivity contribution in [1.29, 1.82) is 5.26 Å². The summed E-state index contributed by atoms with van der Waals surface area (Å²) in [6.45, 7) is 6.72. The summed E-state index contributed by atoms with van der Waals surface area (Å²) in [7, 11) is 2.13. The van der Waals surface area contributed by atoms with E-state index in [9.17, 15) is 10.4 Å². The van der Waals surface area contributed by atoms with Gasteiger partial charge in [-0.15, -0.1) is 0 Å². The van der Waals surface area contributed by atoms with Crippen LogP contribution in [0.5, 0.6) is 11.6 Å². The number of pyridine rings is 1. The molecule has 3 aliphatic heterocycles. The largest absolute Gasteiger partial charge is 0.508 e. The van der Waals surface area contributed by atoms with E-state index in [4.69, 9.17) is 15.5 Å². The Morgan fingerprint density at radius 2 is 1.92 bits per heavy atom. The number of anilines is 2. The van der Waals surface area contributed by atoms with Gasteiger partial charge in [0.2, 0.25) is 5.88 Å². The molecule has 0 radical (unpaired) electrons. The van der Waals surface area contributed by atoms with Gasteiger partial charge in [-0.3, -0.25) is 0 Å². The molecule has 1 aromatic heterocycles. The van der Waals surface area contributed by atoms with Crippen LogP contribution in [0.4, 0.5) is 11.5 Å². The van der Waals surface area contributed by atoms with Crippen molar-refractivity contribution in [1.82, 2.24) is 9.88 Å². The molecule has 1 atom stereocenters. The number of hydrogen-bond acceptors (Lipinski definition) is 8. The lowest BCUT2D eigenvalue weighted by Crippen LogP contribution is -2.49. The lowest BCUT2D eigenvalue weighted by Gasteiger charge is -2.40. The van der Waals surface area contributed by atoms with Gasteiger partial charge in [0.15, 0.2) is 0 Å². The van der Waals surface area contributed by atoms with Gasteiger partial charge in [-0.05, 0) is 64.1 Å². The van der Waals surface area contributed by atoms with Gasteiger partial charge in [0.1, 0.15) is 29.8 Å². The first-order valence-electron chi connectivity index (χ1n) is 14.1. The van der Waals surface area contributed by atoms with Crippen LogP contribution in [0.25, 0.3) is 10.8 Å². The highest BCUT2D eigenvalue weighted by atomic mass is 16.5. The minimum absolute atomic E-state index is 0.164. The molecule has 0 spiro atoms. The van der Waals surface area contributed by atoms with Crippen LogP contribution < -0.4 is 20.3 Å². The maximum atomic E-state index is 10.5. The van der Waals surface area contributed by atoms with Crippen LogP contribution in [0.3, 0.4) is 0 Å². The number of benzene rings is 2. The van der Waals surface area contributed by atoms with E-state index in [1.54, 1.807) is 6.07 Å². The number of aromatic hydroxyl groups is 1. The molecule has 3 aromatic rings. The average molecular weight is 527 g/mol. The lowest BCUT2D eigenvalue weighted by molar-refractivity contribution is 0.192. The van der Waals surface area contributed by atoms with Crippen molar-refractivity contribution in [2.75, 3.05) is 49.6 Å². The van der Waals surface area contributed by atoms with E-state index in [2.05, 4.69) is 40.8 Å². The molecule has 3 N–H and O–H groups in total. The number of likely N-dealkylation sites (tertiary alicyclic amines) is 1. The third kappa shape index (κ3) is 4.97. The molecule has 3 aliphatic rings. The van der Waals surface area contributed by atoms with Crippen LogP contribution in [-0.2, 0) is 13.0 Å². The maximum absolute atomic E-state index is 10.5. The molecule has 8 heteroatoms. The predicted molar refractivity (Wildman–Crippen MR) is 155 cm³/mol. The summed E-state index contributed by atoms with van der Waals surface area (Å²) in [4.78, 5) is 12.0. The second kappa shape index (κ2) is 10.2. The van der Waals surface area contributed by atoms with Gasteiger partial charge >= 0.3 is 0 Å². The van der Waals surface area contributed by atoms with E-state index in [1.165, 1.54) is 0 Å². The second-order valence-corrected chi connectivity index (χ2v) is 11.8. The second-order valence-electron chi connectivity index (χ2n) is 11.8. The van der Waals surface area contributed by atoms with Crippen molar-refractivity contribution in [3.05, 3.63) is 53.1 Å². The summed E-state index contributed by atoms with van der Waals surface area (Å²) in [5.41, 5.74) is 9.92. The number of rotatable bonds is 5. The molecule has 2 fully saturated rings. The minimum Gasteiger partial charge on any atom is -0.508 e. The van der Waals surface area contributed by atoms with Crippen molar-refractivity contribution in [3.8, 4) is 17.7 Å². The summed E-state index contributed by atoms with van der Waals surface area (Å²) in [6, 6.07) is 14.5. The van der Waals surface area contributed by atoms with E-state index in [-0.39, 0.29) is 11.3 Å². The Bertz CT molecular complexity index is 1420. The molecule has 39 heavy (non-hydrogen) atoms. The first-order valence-corrected chi connectivity index (χ1v) is 14.1. The fourth-order valence-corrected chi connectivity index (χ4v) is 6.41. The first-order chi connectivity index (χ1) is 18.8. The molecule has 0 aliphatic carbocycles. The van der Waals surface area contributed by atoms with E-state index >= 15 is 0 Å². The number of nitrogens with zero attached hydrogens (tertiary/aromatic N) is 5. The number of hydrogen-bond donors (Lipinski definition) is 2. The summed E-state index contributed by atoms with van der Waals surface area (Å²) in [5, 5.41) is 23.0. The minimum atomic E-state index is -0.164. The van der Waals surface area contributed by atoms with Crippen molar-refractivity contribution >= 4 is 22.3 Å². The molecule has 2 aromatic carbocycles. The molecule has 4 heterocycles. The monoisotopic (exact) mass is 526 g/mol. The highest BCUT2D eigenvalue weighted by Crippen LogP contribution is 2.40. The van der Waals surface area contributed by atoms with Crippen molar-refractivity contribution in [3.63, 3.8) is 0 Å². The van der Waals surface area contributed by atoms with Gasteiger partial charge in [0, 0.05) is 66.0 Å². The molecule has 8 nitrogen and oxygen atoms in total. The zero-order valence-corrected chi connectivity index (χ0v) is 23.0. The van der Waals surface area contributed by atoms with Gasteiger partial charge in [-0.2, -0.15) is 10.2 Å². The van der Waals surface area contributed by atoms with Crippen LogP contribution in [0.1, 0.15) is 49.3 Å². The molecular formula is C31H38N6O2. The molecule has 6 rings (SSSR count). The molecule has 0 amide bonds. The number of fused-ring (bicyclic) bond motifs is 2. The number of likely N-dealkylation sites (N-methyl/N-ethyl adjacent to an activating group) is 1. The standard InChI is InChI=1S/C31H38N6O2/c1-31(33)10-14-36(15-11-31)29-25-9-13-37(28-17-23(38)16-21-6-3-4-8-24(21)28)19-27(25)26(18-32)30(34-29)39-20-22-7-5-12-35(22)2/h3-4,6,8,16-17,22,38H,5,7,9-15,19-20,33H2,1-2H3/t22-/m0/s1. The van der Waals surface area contributed by atoms with Crippen molar-refractivity contribution < 1.29 is 9.84 Å². The highest BCUT2D eigenvalue weighted by Gasteiger charge is 2.33. The summed E-state index contributed by atoms with van der Waals surface area (Å²) in [6.07, 6.45) is 4.81.